The van der Waals surface area contributed by atoms with Gasteiger partial charge in [-0.3, -0.25) is 0 Å². The largest absolute Gasteiger partial charge is 0.487 e. The van der Waals surface area contributed by atoms with Crippen LogP contribution >= 0.6 is 0 Å². The number of ether oxygens (including phenoxy) is 3. The average Bonchev–Trinajstić information content (AvgIpc) is 2.78. The van der Waals surface area contributed by atoms with E-state index in [4.69, 9.17) is 19.5 Å². The Morgan fingerprint density at radius 2 is 1.73 bits per heavy atom. The zero-order valence-electron chi connectivity index (χ0n) is 16.3. The number of carbonyl (C=O) groups is 1. The third-order valence-corrected chi connectivity index (χ3v) is 4.10. The molecule has 0 atom stereocenters. The molecule has 148 valence electrons. The molecular weight excluding hydrogens is 380 g/mol. The van der Waals surface area contributed by atoms with E-state index >= 15 is 0 Å². The van der Waals surface area contributed by atoms with Gasteiger partial charge in [0.05, 0.1) is 29.4 Å². The van der Waals surface area contributed by atoms with Crippen molar-refractivity contribution in [3.63, 3.8) is 0 Å². The number of esters is 1. The zero-order chi connectivity index (χ0) is 21.3. The van der Waals surface area contributed by atoms with Gasteiger partial charge in [-0.1, -0.05) is 18.2 Å². The molecule has 0 saturated heterocycles. The molecule has 0 saturated carbocycles. The third kappa shape index (κ3) is 5.15. The first kappa shape index (κ1) is 20.4. The summed E-state index contributed by atoms with van der Waals surface area (Å²) in [7, 11) is 0. The maximum Gasteiger partial charge on any atom is 0.338 e. The summed E-state index contributed by atoms with van der Waals surface area (Å²) in [6.45, 7) is 2.23. The highest BCUT2D eigenvalue weighted by molar-refractivity contribution is 5.89. The predicted molar refractivity (Wildman–Crippen MR) is 109 cm³/mol. The first-order chi connectivity index (χ1) is 14.6. The Bertz CT molecular complexity index is 1140. The molecule has 3 rings (SSSR count). The molecule has 3 aromatic rings. The fraction of sp³-hybridized carbons (Fsp3) is 0.125. The molecule has 0 heterocycles. The highest BCUT2D eigenvalue weighted by Crippen LogP contribution is 2.29. The van der Waals surface area contributed by atoms with E-state index in [-0.39, 0.29) is 13.2 Å². The van der Waals surface area contributed by atoms with Crippen LogP contribution in [0.4, 0.5) is 0 Å². The Hall–Kier alpha value is -4.29. The topological polar surface area (TPSA) is 92.3 Å². The van der Waals surface area contributed by atoms with E-state index in [0.717, 1.165) is 5.56 Å². The first-order valence-corrected chi connectivity index (χ1v) is 9.24. The van der Waals surface area contributed by atoms with Gasteiger partial charge in [0.25, 0.3) is 0 Å². The maximum absolute atomic E-state index is 11.9. The molecule has 0 N–H and O–H groups in total. The van der Waals surface area contributed by atoms with Crippen LogP contribution in [-0.4, -0.2) is 12.6 Å². The van der Waals surface area contributed by atoms with E-state index in [1.807, 2.05) is 6.07 Å². The van der Waals surface area contributed by atoms with Crippen LogP contribution in [0.1, 0.15) is 34.0 Å². The molecule has 0 aliphatic heterocycles. The monoisotopic (exact) mass is 398 g/mol. The van der Waals surface area contributed by atoms with Crippen LogP contribution in [0.25, 0.3) is 0 Å². The van der Waals surface area contributed by atoms with Crippen molar-refractivity contribution in [3.8, 4) is 29.4 Å². The number of rotatable bonds is 7. The highest BCUT2D eigenvalue weighted by Gasteiger charge is 2.10. The number of hydrogen-bond acceptors (Lipinski definition) is 6. The van der Waals surface area contributed by atoms with Crippen LogP contribution in [0.2, 0.25) is 0 Å². The molecule has 0 fully saturated rings. The summed E-state index contributed by atoms with van der Waals surface area (Å²) in [5.74, 6) is 0.846. The smallest absolute Gasteiger partial charge is 0.338 e. The normalized spacial score (nSPS) is 9.83. The van der Waals surface area contributed by atoms with Crippen molar-refractivity contribution < 1.29 is 19.0 Å². The Morgan fingerprint density at radius 3 is 2.50 bits per heavy atom. The van der Waals surface area contributed by atoms with Gasteiger partial charge in [-0.15, -0.1) is 0 Å². The van der Waals surface area contributed by atoms with Crippen molar-refractivity contribution in [3.05, 3.63) is 89.0 Å². The molecule has 6 nitrogen and oxygen atoms in total. The van der Waals surface area contributed by atoms with Gasteiger partial charge >= 0.3 is 5.97 Å². The van der Waals surface area contributed by atoms with Crippen molar-refractivity contribution in [2.24, 2.45) is 0 Å². The minimum absolute atomic E-state index is 0.200. The SMILES string of the molecule is CCOC(=O)c1cccc(Oc2ccc(C#N)c(OCc3cccc(C#N)c3)c2)c1. The van der Waals surface area contributed by atoms with Crippen molar-refractivity contribution >= 4 is 5.97 Å². The van der Waals surface area contributed by atoms with Crippen LogP contribution in [0.15, 0.2) is 66.7 Å². The number of hydrogen-bond donors (Lipinski definition) is 0. The number of nitriles is 2. The van der Waals surface area contributed by atoms with E-state index in [9.17, 15) is 10.1 Å². The lowest BCUT2D eigenvalue weighted by atomic mass is 10.1. The second kappa shape index (κ2) is 9.77. The molecular formula is C24H18N2O4. The Labute approximate surface area is 174 Å². The van der Waals surface area contributed by atoms with Crippen LogP contribution < -0.4 is 9.47 Å². The summed E-state index contributed by atoms with van der Waals surface area (Å²) in [5, 5.41) is 18.4. The van der Waals surface area contributed by atoms with Gasteiger partial charge in [0.1, 0.15) is 29.9 Å². The molecule has 6 heteroatoms. The lowest BCUT2D eigenvalue weighted by Gasteiger charge is -2.12. The van der Waals surface area contributed by atoms with Gasteiger partial charge < -0.3 is 14.2 Å². The Kier molecular flexibility index (Phi) is 6.66. The molecule has 0 unspecified atom stereocenters. The molecule has 0 amide bonds. The summed E-state index contributed by atoms with van der Waals surface area (Å²) >= 11 is 0. The summed E-state index contributed by atoms with van der Waals surface area (Å²) < 4.78 is 16.6. The molecule has 0 aliphatic rings. The minimum Gasteiger partial charge on any atom is -0.487 e. The van der Waals surface area contributed by atoms with Gasteiger partial charge in [0, 0.05) is 6.07 Å². The van der Waals surface area contributed by atoms with Gasteiger partial charge in [-0.05, 0) is 55.0 Å². The van der Waals surface area contributed by atoms with E-state index < -0.39 is 5.97 Å². The van der Waals surface area contributed by atoms with E-state index in [2.05, 4.69) is 12.1 Å². The standard InChI is InChI=1S/C24H18N2O4/c1-2-28-24(27)19-7-4-8-21(12-19)30-22-10-9-20(15-26)23(13-22)29-16-18-6-3-5-17(11-18)14-25/h3-13H,2,16H2,1H3. The lowest BCUT2D eigenvalue weighted by molar-refractivity contribution is 0.0526. The van der Waals surface area contributed by atoms with E-state index in [0.29, 0.717) is 33.9 Å². The molecule has 3 aromatic carbocycles. The zero-order valence-corrected chi connectivity index (χ0v) is 16.3. The van der Waals surface area contributed by atoms with E-state index in [1.54, 1.807) is 67.6 Å². The second-order valence-corrected chi connectivity index (χ2v) is 6.22. The average molecular weight is 398 g/mol. The maximum atomic E-state index is 11.9. The summed E-state index contributed by atoms with van der Waals surface area (Å²) in [5.41, 5.74) is 2.09. The molecule has 0 bridgehead atoms. The summed E-state index contributed by atoms with van der Waals surface area (Å²) in [6.07, 6.45) is 0. The van der Waals surface area contributed by atoms with E-state index in [1.165, 1.54) is 0 Å². The summed E-state index contributed by atoms with van der Waals surface area (Å²) in [4.78, 5) is 11.9. The van der Waals surface area contributed by atoms with Crippen molar-refractivity contribution in [2.75, 3.05) is 6.61 Å². The van der Waals surface area contributed by atoms with Crippen molar-refractivity contribution in [1.82, 2.24) is 0 Å². The third-order valence-electron chi connectivity index (χ3n) is 4.10. The number of nitrogens with zero attached hydrogens (tertiary/aromatic N) is 2. The fourth-order valence-corrected chi connectivity index (χ4v) is 2.71. The van der Waals surface area contributed by atoms with Crippen LogP contribution in [0.5, 0.6) is 17.2 Å². The first-order valence-electron chi connectivity index (χ1n) is 9.24. The second-order valence-electron chi connectivity index (χ2n) is 6.22. The fourth-order valence-electron chi connectivity index (χ4n) is 2.71. The van der Waals surface area contributed by atoms with Gasteiger partial charge in [0.15, 0.2) is 0 Å². The van der Waals surface area contributed by atoms with Crippen LogP contribution in [0.3, 0.4) is 0 Å². The van der Waals surface area contributed by atoms with Crippen molar-refractivity contribution in [1.29, 1.82) is 10.5 Å². The molecule has 30 heavy (non-hydrogen) atoms. The minimum atomic E-state index is -0.425. The van der Waals surface area contributed by atoms with Crippen LogP contribution in [0, 0.1) is 22.7 Å². The van der Waals surface area contributed by atoms with Gasteiger partial charge in [-0.25, -0.2) is 4.79 Å². The Balaban J connectivity index is 1.77. The molecule has 0 radical (unpaired) electrons. The number of carbonyl (C=O) groups excluding carboxylic acids is 1. The number of benzene rings is 3. The lowest BCUT2D eigenvalue weighted by Crippen LogP contribution is -2.04. The molecule has 0 aliphatic carbocycles. The van der Waals surface area contributed by atoms with Crippen LogP contribution in [-0.2, 0) is 11.3 Å². The predicted octanol–water partition coefficient (Wildman–Crippen LogP) is 4.98. The summed E-state index contributed by atoms with van der Waals surface area (Å²) in [6, 6.07) is 22.8. The molecule has 0 spiro atoms. The molecule has 0 aromatic heterocycles. The van der Waals surface area contributed by atoms with Gasteiger partial charge in [0.2, 0.25) is 0 Å². The Morgan fingerprint density at radius 1 is 0.933 bits per heavy atom. The van der Waals surface area contributed by atoms with Gasteiger partial charge in [-0.2, -0.15) is 10.5 Å². The quantitative estimate of drug-likeness (QED) is 0.521. The highest BCUT2D eigenvalue weighted by atomic mass is 16.5. The van der Waals surface area contributed by atoms with Crippen molar-refractivity contribution in [2.45, 2.75) is 13.5 Å².